The molecule has 1 aliphatic rings. The van der Waals surface area contributed by atoms with Crippen LogP contribution >= 0.6 is 0 Å². The zero-order chi connectivity index (χ0) is 17.9. The van der Waals surface area contributed by atoms with Crippen molar-refractivity contribution in [2.45, 2.75) is 36.6 Å². The molecule has 0 radical (unpaired) electrons. The Balaban J connectivity index is 3.10. The van der Waals surface area contributed by atoms with E-state index in [0.29, 0.717) is 6.08 Å². The number of rotatable bonds is 5. The van der Waals surface area contributed by atoms with Gasteiger partial charge in [0.05, 0.1) is 12.1 Å². The zero-order valence-corrected chi connectivity index (χ0v) is 11.4. The summed E-state index contributed by atoms with van der Waals surface area (Å²) < 4.78 is 41.7. The number of hydrogen-bond donors (Lipinski definition) is 6. The number of alkyl halides is 3. The molecule has 7 N–H and O–H groups in total. The average molecular weight is 344 g/mol. The molecule has 0 aromatic heterocycles. The topological polar surface area (TPSA) is 162 Å². The number of nitrogens with one attached hydrogen (secondary N) is 1. The van der Waals surface area contributed by atoms with E-state index in [1.165, 1.54) is 5.32 Å². The van der Waals surface area contributed by atoms with Gasteiger partial charge >= 0.3 is 18.1 Å². The molecule has 0 fully saturated rings. The molecule has 1 heterocycles. The number of ether oxygens (including phenoxy) is 1. The predicted octanol–water partition coefficient (Wildman–Crippen LogP) is -2.56. The van der Waals surface area contributed by atoms with Crippen molar-refractivity contribution in [2.24, 2.45) is 5.73 Å². The summed E-state index contributed by atoms with van der Waals surface area (Å²) in [4.78, 5) is 21.8. The summed E-state index contributed by atoms with van der Waals surface area (Å²) in [6.45, 7) is -0.525. The van der Waals surface area contributed by atoms with Crippen molar-refractivity contribution >= 4 is 11.9 Å². The van der Waals surface area contributed by atoms with Gasteiger partial charge in [0, 0.05) is 6.54 Å². The van der Waals surface area contributed by atoms with Crippen LogP contribution in [0.25, 0.3) is 0 Å². The third-order valence-corrected chi connectivity index (χ3v) is 3.05. The van der Waals surface area contributed by atoms with Crippen molar-refractivity contribution in [1.82, 2.24) is 5.32 Å². The Bertz CT molecular complexity index is 497. The molecule has 0 bridgehead atoms. The number of aliphatic carboxylic acids is 1. The monoisotopic (exact) mass is 344 g/mol. The second-order valence-corrected chi connectivity index (χ2v) is 4.70. The first-order valence-electron chi connectivity index (χ1n) is 6.22. The molecule has 1 aliphatic heterocycles. The van der Waals surface area contributed by atoms with E-state index in [9.17, 15) is 38.1 Å². The second kappa shape index (κ2) is 7.12. The van der Waals surface area contributed by atoms with E-state index < -0.39 is 60.8 Å². The highest BCUT2D eigenvalue weighted by Crippen LogP contribution is 2.24. The summed E-state index contributed by atoms with van der Waals surface area (Å²) in [5.41, 5.74) is 5.10. The molecule has 0 saturated carbocycles. The number of aliphatic hydroxyl groups is 3. The van der Waals surface area contributed by atoms with Crippen molar-refractivity contribution < 1.29 is 47.9 Å². The van der Waals surface area contributed by atoms with Crippen LogP contribution in [0.5, 0.6) is 0 Å². The zero-order valence-electron chi connectivity index (χ0n) is 11.4. The minimum atomic E-state index is -5.28. The average Bonchev–Trinajstić information content (AvgIpc) is 2.45. The van der Waals surface area contributed by atoms with Gasteiger partial charge in [-0.1, -0.05) is 0 Å². The normalized spacial score (nSPS) is 27.4. The molecule has 1 rings (SSSR count). The fourth-order valence-electron chi connectivity index (χ4n) is 1.88. The summed E-state index contributed by atoms with van der Waals surface area (Å²) in [6, 6.07) is -1.86. The molecule has 5 atom stereocenters. The van der Waals surface area contributed by atoms with Gasteiger partial charge in [0.25, 0.3) is 0 Å². The van der Waals surface area contributed by atoms with Gasteiger partial charge in [-0.3, -0.25) is 4.79 Å². The van der Waals surface area contributed by atoms with Crippen LogP contribution in [0.3, 0.4) is 0 Å². The number of aliphatic hydroxyl groups excluding tert-OH is 3. The number of nitrogens with two attached hydrogens (primary N) is 1. The fourth-order valence-corrected chi connectivity index (χ4v) is 1.88. The molecule has 0 spiro atoms. The highest BCUT2D eigenvalue weighted by molar-refractivity contribution is 5.85. The molecule has 0 aromatic rings. The summed E-state index contributed by atoms with van der Waals surface area (Å²) in [6.07, 6.45) is -12.2. The number of hydrogen-bond acceptors (Lipinski definition) is 7. The third-order valence-electron chi connectivity index (χ3n) is 3.05. The number of carbonyl (C=O) groups excluding carboxylic acids is 1. The van der Waals surface area contributed by atoms with E-state index in [1.54, 1.807) is 0 Å². The van der Waals surface area contributed by atoms with E-state index in [0.717, 1.165) is 0 Å². The first-order chi connectivity index (χ1) is 10.5. The first-order valence-corrected chi connectivity index (χ1v) is 6.22. The van der Waals surface area contributed by atoms with Gasteiger partial charge in [0.2, 0.25) is 5.76 Å². The Labute approximate surface area is 127 Å². The Morgan fingerprint density at radius 3 is 2.39 bits per heavy atom. The molecule has 9 nitrogen and oxygen atoms in total. The van der Waals surface area contributed by atoms with E-state index in [1.807, 2.05) is 0 Å². The van der Waals surface area contributed by atoms with Crippen LogP contribution in [0, 0.1) is 0 Å². The number of amides is 1. The molecule has 0 aliphatic carbocycles. The van der Waals surface area contributed by atoms with Crippen LogP contribution in [-0.2, 0) is 14.3 Å². The smallest absolute Gasteiger partial charge is 0.471 e. The van der Waals surface area contributed by atoms with Gasteiger partial charge in [-0.2, -0.15) is 13.2 Å². The number of carbonyl (C=O) groups is 2. The second-order valence-electron chi connectivity index (χ2n) is 4.70. The molecule has 0 unspecified atom stereocenters. The largest absolute Gasteiger partial charge is 0.478 e. The maximum absolute atomic E-state index is 12.3. The van der Waals surface area contributed by atoms with Gasteiger partial charge in [0.1, 0.15) is 12.2 Å². The van der Waals surface area contributed by atoms with Gasteiger partial charge in [-0.15, -0.1) is 0 Å². The number of carboxylic acid groups (broad SMARTS) is 1. The summed E-state index contributed by atoms with van der Waals surface area (Å²) in [7, 11) is 0. The van der Waals surface area contributed by atoms with Crippen LogP contribution < -0.4 is 11.1 Å². The molecular formula is C11H15F3N2O7. The van der Waals surface area contributed by atoms with Crippen LogP contribution in [0.4, 0.5) is 13.2 Å². The predicted molar refractivity (Wildman–Crippen MR) is 65.7 cm³/mol. The van der Waals surface area contributed by atoms with Crippen molar-refractivity contribution in [3.63, 3.8) is 0 Å². The van der Waals surface area contributed by atoms with E-state index in [4.69, 9.17) is 15.6 Å². The third kappa shape index (κ3) is 4.54. The Hall–Kier alpha value is -1.89. The minimum Gasteiger partial charge on any atom is -0.478 e. The maximum atomic E-state index is 12.3. The lowest BCUT2D eigenvalue weighted by molar-refractivity contribution is -0.178. The number of carboxylic acids is 1. The lowest BCUT2D eigenvalue weighted by Crippen LogP contribution is -2.61. The van der Waals surface area contributed by atoms with Crippen molar-refractivity contribution in [2.75, 3.05) is 6.54 Å². The van der Waals surface area contributed by atoms with E-state index in [-0.39, 0.29) is 0 Å². The van der Waals surface area contributed by atoms with Gasteiger partial charge in [0.15, 0.2) is 6.10 Å². The van der Waals surface area contributed by atoms with E-state index >= 15 is 0 Å². The highest BCUT2D eigenvalue weighted by Gasteiger charge is 2.47. The quantitative estimate of drug-likeness (QED) is 0.317. The molecule has 1 amide bonds. The van der Waals surface area contributed by atoms with E-state index in [2.05, 4.69) is 0 Å². The van der Waals surface area contributed by atoms with Crippen LogP contribution in [0.1, 0.15) is 0 Å². The Morgan fingerprint density at radius 2 is 1.96 bits per heavy atom. The van der Waals surface area contributed by atoms with Gasteiger partial charge in [-0.25, -0.2) is 4.79 Å². The molecule has 23 heavy (non-hydrogen) atoms. The number of halogens is 3. The molecule has 0 saturated heterocycles. The lowest BCUT2D eigenvalue weighted by Gasteiger charge is -2.38. The van der Waals surface area contributed by atoms with Crippen LogP contribution in [-0.4, -0.2) is 75.5 Å². The lowest BCUT2D eigenvalue weighted by atomic mass is 9.93. The molecule has 0 aromatic carbocycles. The fraction of sp³-hybridized carbons (Fsp3) is 0.636. The molecule has 132 valence electrons. The maximum Gasteiger partial charge on any atom is 0.471 e. The Kier molecular flexibility index (Phi) is 5.93. The summed E-state index contributed by atoms with van der Waals surface area (Å²) in [5, 5.41) is 39.2. The minimum absolute atomic E-state index is 0.525. The summed E-state index contributed by atoms with van der Waals surface area (Å²) in [5.74, 6) is -4.95. The van der Waals surface area contributed by atoms with Gasteiger partial charge < -0.3 is 36.2 Å². The molecular weight excluding hydrogens is 329 g/mol. The van der Waals surface area contributed by atoms with Crippen molar-refractivity contribution in [1.29, 1.82) is 0 Å². The summed E-state index contributed by atoms with van der Waals surface area (Å²) >= 11 is 0. The first kappa shape index (κ1) is 19.2. The SMILES string of the molecule is NC[C@@H](O)[C@@H](O)[C@@H]1OC(C(=O)O)=C[C@H](O)[C@H]1NC(=O)C(F)(F)F. The Morgan fingerprint density at radius 1 is 1.39 bits per heavy atom. The molecule has 12 heteroatoms. The van der Waals surface area contributed by atoms with Gasteiger partial charge in [-0.05, 0) is 6.08 Å². The van der Waals surface area contributed by atoms with Crippen LogP contribution in [0.15, 0.2) is 11.8 Å². The standard InChI is InChI=1S/C11H15F3N2O7/c12-11(13,14)10(22)16-6-3(17)1-5(9(20)21)23-8(6)7(19)4(18)2-15/h1,3-4,6-8,17-19H,2,15H2,(H,16,22)(H,20,21)/t3-,4+,6+,7+,8+/m0/s1. The van der Waals surface area contributed by atoms with Crippen molar-refractivity contribution in [3.8, 4) is 0 Å². The van der Waals surface area contributed by atoms with Crippen LogP contribution in [0.2, 0.25) is 0 Å². The van der Waals surface area contributed by atoms with Crippen molar-refractivity contribution in [3.05, 3.63) is 11.8 Å². The highest BCUT2D eigenvalue weighted by atomic mass is 19.4.